The molecule has 3 aromatic carbocycles. The Bertz CT molecular complexity index is 1420. The van der Waals surface area contributed by atoms with Gasteiger partial charge < -0.3 is 10.2 Å². The molecule has 40 heavy (non-hydrogen) atoms. The lowest BCUT2D eigenvalue weighted by molar-refractivity contribution is -0.140. The average Bonchev–Trinajstić information content (AvgIpc) is 2.94. The minimum atomic E-state index is -4.20. The summed E-state index contributed by atoms with van der Waals surface area (Å²) in [5.41, 5.74) is 1.34. The first-order chi connectivity index (χ1) is 19.0. The topological polar surface area (TPSA) is 86.8 Å². The van der Waals surface area contributed by atoms with Gasteiger partial charge in [-0.2, -0.15) is 0 Å². The van der Waals surface area contributed by atoms with Crippen LogP contribution in [0.2, 0.25) is 5.02 Å². The highest BCUT2D eigenvalue weighted by molar-refractivity contribution is 7.92. The molecule has 0 aromatic heterocycles. The van der Waals surface area contributed by atoms with Crippen LogP contribution in [0.1, 0.15) is 44.7 Å². The van der Waals surface area contributed by atoms with Crippen LogP contribution in [-0.2, 0) is 26.2 Å². The van der Waals surface area contributed by atoms with Crippen molar-refractivity contribution in [1.29, 1.82) is 0 Å². The summed E-state index contributed by atoms with van der Waals surface area (Å²) < 4.78 is 42.4. The Balaban J connectivity index is 2.08. The number of nitrogens with zero attached hydrogens (tertiary/aromatic N) is 2. The van der Waals surface area contributed by atoms with Gasteiger partial charge in [-0.05, 0) is 74.2 Å². The Labute approximate surface area is 241 Å². The molecule has 0 bridgehead atoms. The predicted octanol–water partition coefficient (Wildman–Crippen LogP) is 5.70. The lowest BCUT2D eigenvalue weighted by atomic mass is 10.1. The van der Waals surface area contributed by atoms with E-state index in [2.05, 4.69) is 5.32 Å². The first-order valence-corrected chi connectivity index (χ1v) is 15.0. The van der Waals surface area contributed by atoms with Crippen LogP contribution in [0, 0.1) is 12.7 Å². The first-order valence-electron chi connectivity index (χ1n) is 13.2. The van der Waals surface area contributed by atoms with Crippen molar-refractivity contribution in [1.82, 2.24) is 10.2 Å². The minimum absolute atomic E-state index is 0.00816. The standard InChI is InChI=1S/C30H35ClFN3O4S/c1-5-21(3)33-30(37)27(6-2)34(19-23-15-17-24(32)18-16-23)29(36)20-35(28-14-10-13-26(31)22(28)4)40(38,39)25-11-8-7-9-12-25/h7-18,21,27H,5-6,19-20H2,1-4H3,(H,33,37)/t21-,27+/m1/s1. The number of sulfonamides is 1. The van der Waals surface area contributed by atoms with Gasteiger partial charge in [0.15, 0.2) is 0 Å². The van der Waals surface area contributed by atoms with Gasteiger partial charge >= 0.3 is 0 Å². The molecular weight excluding hydrogens is 553 g/mol. The zero-order valence-corrected chi connectivity index (χ0v) is 24.7. The Hall–Kier alpha value is -3.43. The second-order valence-electron chi connectivity index (χ2n) is 9.60. The van der Waals surface area contributed by atoms with Crippen molar-refractivity contribution in [3.63, 3.8) is 0 Å². The number of amides is 2. The third-order valence-corrected chi connectivity index (χ3v) is 8.95. The Morgan fingerprint density at radius 2 is 1.60 bits per heavy atom. The van der Waals surface area contributed by atoms with E-state index in [4.69, 9.17) is 11.6 Å². The van der Waals surface area contributed by atoms with Gasteiger partial charge in [0, 0.05) is 17.6 Å². The summed E-state index contributed by atoms with van der Waals surface area (Å²) in [5.74, 6) is -1.36. The molecule has 0 unspecified atom stereocenters. The van der Waals surface area contributed by atoms with E-state index in [0.717, 1.165) is 4.31 Å². The summed E-state index contributed by atoms with van der Waals surface area (Å²) in [6.45, 7) is 6.68. The predicted molar refractivity (Wildman–Crippen MR) is 156 cm³/mol. The van der Waals surface area contributed by atoms with Crippen LogP contribution in [0.25, 0.3) is 0 Å². The van der Waals surface area contributed by atoms with E-state index in [9.17, 15) is 22.4 Å². The lowest BCUT2D eigenvalue weighted by Crippen LogP contribution is -2.53. The van der Waals surface area contributed by atoms with E-state index in [1.165, 1.54) is 41.3 Å². The van der Waals surface area contributed by atoms with E-state index in [1.54, 1.807) is 50.2 Å². The molecule has 2 atom stereocenters. The van der Waals surface area contributed by atoms with Crippen LogP contribution >= 0.6 is 11.6 Å². The van der Waals surface area contributed by atoms with Crippen molar-refractivity contribution in [2.75, 3.05) is 10.8 Å². The molecule has 0 aliphatic rings. The fourth-order valence-electron chi connectivity index (χ4n) is 4.25. The summed E-state index contributed by atoms with van der Waals surface area (Å²) in [6.07, 6.45) is 0.988. The monoisotopic (exact) mass is 587 g/mol. The average molecular weight is 588 g/mol. The molecular formula is C30H35ClFN3O4S. The highest BCUT2D eigenvalue weighted by Gasteiger charge is 2.34. The van der Waals surface area contributed by atoms with Crippen molar-refractivity contribution in [3.8, 4) is 0 Å². The van der Waals surface area contributed by atoms with Gasteiger partial charge in [-0.3, -0.25) is 13.9 Å². The third kappa shape index (κ3) is 7.40. The molecule has 0 saturated carbocycles. The van der Waals surface area contributed by atoms with Crippen molar-refractivity contribution in [2.45, 2.75) is 64.1 Å². The van der Waals surface area contributed by atoms with E-state index < -0.39 is 34.3 Å². The number of anilines is 1. The fourth-order valence-corrected chi connectivity index (χ4v) is 5.91. The van der Waals surface area contributed by atoms with E-state index in [1.807, 2.05) is 13.8 Å². The molecule has 0 aliphatic carbocycles. The molecule has 0 fully saturated rings. The summed E-state index contributed by atoms with van der Waals surface area (Å²) in [4.78, 5) is 28.7. The molecule has 7 nitrogen and oxygen atoms in total. The number of benzene rings is 3. The summed E-state index contributed by atoms with van der Waals surface area (Å²) >= 11 is 6.35. The second-order valence-corrected chi connectivity index (χ2v) is 11.9. The van der Waals surface area contributed by atoms with Crippen LogP contribution in [0.5, 0.6) is 0 Å². The Morgan fingerprint density at radius 1 is 0.950 bits per heavy atom. The number of hydrogen-bond acceptors (Lipinski definition) is 4. The molecule has 0 heterocycles. The first kappa shape index (κ1) is 31.1. The number of carbonyl (C=O) groups is 2. The van der Waals surface area contributed by atoms with Crippen molar-refractivity contribution in [3.05, 3.63) is 94.8 Å². The number of rotatable bonds is 12. The molecule has 3 aromatic rings. The maximum Gasteiger partial charge on any atom is 0.264 e. The van der Waals surface area contributed by atoms with Gasteiger partial charge in [-0.15, -0.1) is 0 Å². The van der Waals surface area contributed by atoms with E-state index in [0.29, 0.717) is 22.6 Å². The number of carbonyl (C=O) groups excluding carboxylic acids is 2. The molecule has 10 heteroatoms. The molecule has 0 aliphatic heterocycles. The fraction of sp³-hybridized carbons (Fsp3) is 0.333. The Morgan fingerprint density at radius 3 is 2.20 bits per heavy atom. The van der Waals surface area contributed by atoms with Crippen molar-refractivity contribution >= 4 is 39.1 Å². The normalized spacial score (nSPS) is 12.8. The zero-order chi connectivity index (χ0) is 29.4. The maximum absolute atomic E-state index is 14.1. The third-order valence-electron chi connectivity index (χ3n) is 6.77. The van der Waals surface area contributed by atoms with Crippen LogP contribution in [0.4, 0.5) is 10.1 Å². The molecule has 0 spiro atoms. The van der Waals surface area contributed by atoms with Gasteiger partial charge in [0.05, 0.1) is 10.6 Å². The van der Waals surface area contributed by atoms with Crippen LogP contribution in [-0.4, -0.2) is 43.8 Å². The smallest absolute Gasteiger partial charge is 0.264 e. The maximum atomic E-state index is 14.1. The number of hydrogen-bond donors (Lipinski definition) is 1. The second kappa shape index (κ2) is 13.8. The Kier molecular flexibility index (Phi) is 10.7. The van der Waals surface area contributed by atoms with Gasteiger partial charge in [-0.1, -0.05) is 61.8 Å². The summed E-state index contributed by atoms with van der Waals surface area (Å²) in [6, 6.07) is 17.3. The van der Waals surface area contributed by atoms with Crippen molar-refractivity contribution < 1.29 is 22.4 Å². The SMILES string of the molecule is CC[C@@H](C)NC(=O)[C@H](CC)N(Cc1ccc(F)cc1)C(=O)CN(c1cccc(Cl)c1C)S(=O)(=O)c1ccccc1. The molecule has 1 N–H and O–H groups in total. The highest BCUT2D eigenvalue weighted by atomic mass is 35.5. The van der Waals surface area contributed by atoms with Gasteiger partial charge in [0.2, 0.25) is 11.8 Å². The van der Waals surface area contributed by atoms with E-state index >= 15 is 0 Å². The molecule has 214 valence electrons. The molecule has 0 radical (unpaired) electrons. The largest absolute Gasteiger partial charge is 0.352 e. The minimum Gasteiger partial charge on any atom is -0.352 e. The number of nitrogens with one attached hydrogen (secondary N) is 1. The lowest BCUT2D eigenvalue weighted by Gasteiger charge is -2.34. The summed E-state index contributed by atoms with van der Waals surface area (Å²) in [5, 5.41) is 3.27. The highest BCUT2D eigenvalue weighted by Crippen LogP contribution is 2.31. The summed E-state index contributed by atoms with van der Waals surface area (Å²) in [7, 11) is -4.20. The molecule has 2 amide bonds. The van der Waals surface area contributed by atoms with Gasteiger partial charge in [-0.25, -0.2) is 12.8 Å². The molecule has 0 saturated heterocycles. The van der Waals surface area contributed by atoms with Gasteiger partial charge in [0.1, 0.15) is 18.4 Å². The van der Waals surface area contributed by atoms with E-state index in [-0.39, 0.29) is 35.5 Å². The van der Waals surface area contributed by atoms with Gasteiger partial charge in [0.25, 0.3) is 10.0 Å². The zero-order valence-electron chi connectivity index (χ0n) is 23.1. The van der Waals surface area contributed by atoms with Crippen LogP contribution in [0.3, 0.4) is 0 Å². The number of halogens is 2. The quantitative estimate of drug-likeness (QED) is 0.294. The molecule has 3 rings (SSSR count). The van der Waals surface area contributed by atoms with Crippen LogP contribution < -0.4 is 9.62 Å². The van der Waals surface area contributed by atoms with Crippen LogP contribution in [0.15, 0.2) is 77.7 Å². The van der Waals surface area contributed by atoms with Crippen molar-refractivity contribution in [2.24, 2.45) is 0 Å².